The number of hydroxylamine groups is 1. The molecule has 1 aliphatic rings. The van der Waals surface area contributed by atoms with Gasteiger partial charge in [0.1, 0.15) is 6.54 Å². The van der Waals surface area contributed by atoms with Crippen molar-refractivity contribution in [2.75, 3.05) is 13.7 Å². The summed E-state index contributed by atoms with van der Waals surface area (Å²) in [6.45, 7) is 0.105. The molecule has 8 heavy (non-hydrogen) atoms. The van der Waals surface area contributed by atoms with Gasteiger partial charge in [0, 0.05) is 0 Å². The fraction of sp³-hybridized carbons (Fsp3) is 0.667. The lowest BCUT2D eigenvalue weighted by molar-refractivity contribution is -0.170. The standard InChI is InChI=1S/C3H5N3O2/c1-8-6-3(7)2-4-5-6/h2H2,1H3. The van der Waals surface area contributed by atoms with Crippen molar-refractivity contribution >= 4 is 5.91 Å². The van der Waals surface area contributed by atoms with Crippen LogP contribution >= 0.6 is 0 Å². The Morgan fingerprint density at radius 3 is 2.88 bits per heavy atom. The summed E-state index contributed by atoms with van der Waals surface area (Å²) in [5, 5.41) is 7.56. The van der Waals surface area contributed by atoms with Crippen molar-refractivity contribution < 1.29 is 9.63 Å². The maximum Gasteiger partial charge on any atom is 0.293 e. The normalized spacial score (nSPS) is 18.1. The van der Waals surface area contributed by atoms with Crippen LogP contribution in [-0.2, 0) is 9.63 Å². The Hall–Kier alpha value is -0.970. The van der Waals surface area contributed by atoms with Gasteiger partial charge >= 0.3 is 0 Å². The van der Waals surface area contributed by atoms with E-state index in [2.05, 4.69) is 15.2 Å². The first-order chi connectivity index (χ1) is 3.84. The minimum Gasteiger partial charge on any atom is -0.268 e. The molecule has 0 aromatic rings. The maximum atomic E-state index is 10.4. The van der Waals surface area contributed by atoms with E-state index in [1.165, 1.54) is 7.11 Å². The molecule has 0 aromatic carbocycles. The summed E-state index contributed by atoms with van der Waals surface area (Å²) in [7, 11) is 1.36. The predicted molar refractivity (Wildman–Crippen MR) is 23.6 cm³/mol. The van der Waals surface area contributed by atoms with Crippen molar-refractivity contribution in [3.63, 3.8) is 0 Å². The van der Waals surface area contributed by atoms with Crippen LogP contribution in [0.3, 0.4) is 0 Å². The number of carbonyl (C=O) groups excluding carboxylic acids is 1. The second-order valence-electron chi connectivity index (χ2n) is 1.24. The Balaban J connectivity index is 2.53. The van der Waals surface area contributed by atoms with Crippen molar-refractivity contribution in [2.45, 2.75) is 0 Å². The van der Waals surface area contributed by atoms with E-state index in [1.54, 1.807) is 0 Å². The van der Waals surface area contributed by atoms with Crippen LogP contribution < -0.4 is 0 Å². The average molecular weight is 115 g/mol. The molecule has 5 nitrogen and oxygen atoms in total. The Morgan fingerprint density at radius 2 is 2.62 bits per heavy atom. The van der Waals surface area contributed by atoms with Crippen molar-refractivity contribution in [3.8, 4) is 0 Å². The van der Waals surface area contributed by atoms with Gasteiger partial charge in [-0.1, -0.05) is 5.17 Å². The summed E-state index contributed by atoms with van der Waals surface area (Å²) in [6, 6.07) is 0. The topological polar surface area (TPSA) is 54.3 Å². The summed E-state index contributed by atoms with van der Waals surface area (Å²) < 4.78 is 0. The molecule has 0 N–H and O–H groups in total. The van der Waals surface area contributed by atoms with Crippen LogP contribution in [0.25, 0.3) is 0 Å². The lowest BCUT2D eigenvalue weighted by Gasteiger charge is -2.01. The third-order valence-corrected chi connectivity index (χ3v) is 0.737. The quantitative estimate of drug-likeness (QED) is 0.473. The van der Waals surface area contributed by atoms with E-state index in [1.807, 2.05) is 0 Å². The molecule has 1 aliphatic heterocycles. The highest BCUT2D eigenvalue weighted by atomic mass is 16.7. The fourth-order valence-electron chi connectivity index (χ4n) is 0.398. The van der Waals surface area contributed by atoms with Gasteiger partial charge in [0.25, 0.3) is 5.91 Å². The SMILES string of the molecule is CON1N=NCC1=O. The summed E-state index contributed by atoms with van der Waals surface area (Å²) in [4.78, 5) is 14.9. The molecule has 0 aliphatic carbocycles. The van der Waals surface area contributed by atoms with Gasteiger partial charge in [0.2, 0.25) is 0 Å². The second kappa shape index (κ2) is 1.87. The van der Waals surface area contributed by atoms with E-state index < -0.39 is 0 Å². The van der Waals surface area contributed by atoms with Crippen molar-refractivity contribution in [3.05, 3.63) is 0 Å². The van der Waals surface area contributed by atoms with Gasteiger partial charge in [-0.3, -0.25) is 9.63 Å². The molecule has 5 heteroatoms. The molecular weight excluding hydrogens is 110 g/mol. The van der Waals surface area contributed by atoms with Crippen molar-refractivity contribution in [1.82, 2.24) is 5.17 Å². The molecule has 0 saturated heterocycles. The number of nitrogens with zero attached hydrogens (tertiary/aromatic N) is 3. The first kappa shape index (κ1) is 5.17. The first-order valence-corrected chi connectivity index (χ1v) is 2.09. The molecule has 0 aromatic heterocycles. The van der Waals surface area contributed by atoms with E-state index in [0.29, 0.717) is 0 Å². The van der Waals surface area contributed by atoms with Gasteiger partial charge in [-0.05, 0) is 5.22 Å². The van der Waals surface area contributed by atoms with Crippen LogP contribution in [0.2, 0.25) is 0 Å². The number of hydrogen-bond donors (Lipinski definition) is 0. The highest BCUT2D eigenvalue weighted by Crippen LogP contribution is 1.99. The largest absolute Gasteiger partial charge is 0.293 e. The number of carbonyl (C=O) groups is 1. The van der Waals surface area contributed by atoms with Gasteiger partial charge in [-0.2, -0.15) is 5.11 Å². The highest BCUT2D eigenvalue weighted by Gasteiger charge is 2.16. The molecule has 0 saturated carbocycles. The lowest BCUT2D eigenvalue weighted by atomic mass is 10.7. The Kier molecular flexibility index (Phi) is 1.21. The van der Waals surface area contributed by atoms with E-state index in [0.717, 1.165) is 5.17 Å². The van der Waals surface area contributed by atoms with E-state index in [-0.39, 0.29) is 12.5 Å². The first-order valence-electron chi connectivity index (χ1n) is 2.09. The van der Waals surface area contributed by atoms with Crippen LogP contribution in [0.15, 0.2) is 10.3 Å². The lowest BCUT2D eigenvalue weighted by Crippen LogP contribution is -2.20. The molecule has 1 rings (SSSR count). The monoisotopic (exact) mass is 115 g/mol. The minimum atomic E-state index is -0.229. The van der Waals surface area contributed by atoms with Crippen LogP contribution in [0.4, 0.5) is 0 Å². The molecule has 0 unspecified atom stereocenters. The van der Waals surface area contributed by atoms with Gasteiger partial charge in [-0.25, -0.2) is 0 Å². The number of hydrogen-bond acceptors (Lipinski definition) is 4. The minimum absolute atomic E-state index is 0.105. The highest BCUT2D eigenvalue weighted by molar-refractivity contribution is 5.77. The summed E-state index contributed by atoms with van der Waals surface area (Å²) in [6.07, 6.45) is 0. The van der Waals surface area contributed by atoms with Crippen molar-refractivity contribution in [1.29, 1.82) is 0 Å². The van der Waals surface area contributed by atoms with Crippen molar-refractivity contribution in [2.24, 2.45) is 10.3 Å². The zero-order valence-electron chi connectivity index (χ0n) is 4.37. The fourth-order valence-corrected chi connectivity index (χ4v) is 0.398. The zero-order chi connectivity index (χ0) is 5.98. The maximum absolute atomic E-state index is 10.4. The Bertz CT molecular complexity index is 132. The third-order valence-electron chi connectivity index (χ3n) is 0.737. The van der Waals surface area contributed by atoms with Crippen LogP contribution in [0.1, 0.15) is 0 Å². The predicted octanol–water partition coefficient (Wildman–Crippen LogP) is -0.243. The van der Waals surface area contributed by atoms with Crippen LogP contribution in [-0.4, -0.2) is 24.7 Å². The average Bonchev–Trinajstić information content (AvgIpc) is 2.14. The Morgan fingerprint density at radius 1 is 1.88 bits per heavy atom. The van der Waals surface area contributed by atoms with Gasteiger partial charge in [-0.15, -0.1) is 0 Å². The molecule has 0 bridgehead atoms. The molecule has 1 amide bonds. The molecular formula is C3H5N3O2. The Labute approximate surface area is 45.9 Å². The number of rotatable bonds is 1. The molecule has 0 spiro atoms. The van der Waals surface area contributed by atoms with Gasteiger partial charge < -0.3 is 0 Å². The smallest absolute Gasteiger partial charge is 0.268 e. The van der Waals surface area contributed by atoms with E-state index in [4.69, 9.17) is 0 Å². The van der Waals surface area contributed by atoms with E-state index in [9.17, 15) is 4.79 Å². The molecule has 1 heterocycles. The summed E-state index contributed by atoms with van der Waals surface area (Å²) >= 11 is 0. The zero-order valence-corrected chi connectivity index (χ0v) is 4.37. The molecule has 44 valence electrons. The molecule has 0 fully saturated rings. The summed E-state index contributed by atoms with van der Waals surface area (Å²) in [5.74, 6) is -0.229. The van der Waals surface area contributed by atoms with Crippen LogP contribution in [0.5, 0.6) is 0 Å². The molecule has 0 radical (unpaired) electrons. The summed E-state index contributed by atoms with van der Waals surface area (Å²) in [5.41, 5.74) is 0. The van der Waals surface area contributed by atoms with Gasteiger partial charge in [0.05, 0.1) is 7.11 Å². The van der Waals surface area contributed by atoms with Crippen LogP contribution in [0, 0.1) is 0 Å². The third kappa shape index (κ3) is 0.671. The second-order valence-corrected chi connectivity index (χ2v) is 1.24. The van der Waals surface area contributed by atoms with E-state index >= 15 is 0 Å². The van der Waals surface area contributed by atoms with Gasteiger partial charge in [0.15, 0.2) is 0 Å². The molecule has 0 atom stereocenters. The number of amides is 1.